The van der Waals surface area contributed by atoms with Crippen LogP contribution >= 0.6 is 0 Å². The molecule has 3 atom stereocenters. The maximum absolute atomic E-state index is 12.2. The van der Waals surface area contributed by atoms with E-state index in [2.05, 4.69) is 0 Å². The van der Waals surface area contributed by atoms with Crippen LogP contribution < -0.4 is 5.73 Å². The van der Waals surface area contributed by atoms with Crippen LogP contribution in [0.2, 0.25) is 0 Å². The average molecular weight is 258 g/mol. The lowest BCUT2D eigenvalue weighted by molar-refractivity contribution is -0.147. The Morgan fingerprint density at radius 2 is 2.22 bits per heavy atom. The third-order valence-corrected chi connectivity index (χ3v) is 3.46. The molecule has 3 unspecified atom stereocenters. The number of hydrogen-bond acceptors (Lipinski definition) is 4. The first kappa shape index (κ1) is 14.9. The van der Waals surface area contributed by atoms with Gasteiger partial charge in [-0.05, 0) is 5.92 Å². The van der Waals surface area contributed by atoms with E-state index in [-0.39, 0.29) is 24.9 Å². The number of ether oxygens (including phenoxy) is 1. The fraction of sp³-hybridized carbons (Fsp3) is 0.833. The third kappa shape index (κ3) is 3.68. The van der Waals surface area contributed by atoms with Crippen LogP contribution in [0.4, 0.5) is 0 Å². The van der Waals surface area contributed by atoms with Crippen molar-refractivity contribution < 1.29 is 19.4 Å². The quantitative estimate of drug-likeness (QED) is 0.727. The molecule has 1 heterocycles. The molecular weight excluding hydrogens is 236 g/mol. The first-order valence-electron chi connectivity index (χ1n) is 6.33. The van der Waals surface area contributed by atoms with E-state index in [9.17, 15) is 9.59 Å². The summed E-state index contributed by atoms with van der Waals surface area (Å²) < 4.78 is 5.23. The normalized spacial score (nSPS) is 23.5. The van der Waals surface area contributed by atoms with Crippen molar-refractivity contribution in [3.63, 3.8) is 0 Å². The second-order valence-electron chi connectivity index (χ2n) is 4.77. The van der Waals surface area contributed by atoms with E-state index in [1.165, 1.54) is 0 Å². The zero-order chi connectivity index (χ0) is 13.7. The molecule has 0 aromatic carbocycles. The van der Waals surface area contributed by atoms with Gasteiger partial charge in [-0.3, -0.25) is 9.59 Å². The van der Waals surface area contributed by atoms with E-state index in [1.807, 2.05) is 13.8 Å². The van der Waals surface area contributed by atoms with Gasteiger partial charge in [0, 0.05) is 6.54 Å². The second-order valence-corrected chi connectivity index (χ2v) is 4.77. The van der Waals surface area contributed by atoms with Crippen molar-refractivity contribution >= 4 is 11.9 Å². The number of amides is 1. The summed E-state index contributed by atoms with van der Waals surface area (Å²) in [5.74, 6) is -1.01. The molecule has 18 heavy (non-hydrogen) atoms. The van der Waals surface area contributed by atoms with Gasteiger partial charge in [0.15, 0.2) is 0 Å². The molecule has 0 radical (unpaired) electrons. The molecule has 1 fully saturated rings. The summed E-state index contributed by atoms with van der Waals surface area (Å²) in [6, 6.07) is -0.969. The molecule has 6 heteroatoms. The summed E-state index contributed by atoms with van der Waals surface area (Å²) in [5.41, 5.74) is 5.92. The van der Waals surface area contributed by atoms with Crippen molar-refractivity contribution in [3.05, 3.63) is 0 Å². The van der Waals surface area contributed by atoms with Crippen molar-refractivity contribution in [3.8, 4) is 0 Å². The Balaban J connectivity index is 2.70. The molecule has 1 rings (SSSR count). The SMILES string of the molecule is CCC(C)C(N)C(=O)N1CCOCC1CC(=O)O. The first-order chi connectivity index (χ1) is 8.47. The van der Waals surface area contributed by atoms with Crippen LogP contribution in [0.15, 0.2) is 0 Å². The number of carbonyl (C=O) groups is 2. The van der Waals surface area contributed by atoms with Gasteiger partial charge in [0.1, 0.15) is 0 Å². The Labute approximate surface area is 107 Å². The predicted octanol–water partition coefficient (Wildman–Crippen LogP) is 0.0619. The molecule has 0 aliphatic carbocycles. The maximum atomic E-state index is 12.2. The van der Waals surface area contributed by atoms with E-state index < -0.39 is 18.1 Å². The standard InChI is InChI=1S/C12H22N2O4/c1-3-8(2)11(13)12(17)14-4-5-18-7-9(14)6-10(15)16/h8-9,11H,3-7,13H2,1-2H3,(H,15,16). The van der Waals surface area contributed by atoms with E-state index in [0.29, 0.717) is 13.2 Å². The van der Waals surface area contributed by atoms with E-state index in [4.69, 9.17) is 15.6 Å². The summed E-state index contributed by atoms with van der Waals surface area (Å²) >= 11 is 0. The number of carboxylic acids is 1. The van der Waals surface area contributed by atoms with Gasteiger partial charge in [0.2, 0.25) is 5.91 Å². The van der Waals surface area contributed by atoms with Crippen LogP contribution in [0.3, 0.4) is 0 Å². The minimum absolute atomic E-state index is 0.0887. The lowest BCUT2D eigenvalue weighted by atomic mass is 9.97. The number of rotatable bonds is 5. The highest BCUT2D eigenvalue weighted by Crippen LogP contribution is 2.15. The molecule has 104 valence electrons. The highest BCUT2D eigenvalue weighted by molar-refractivity contribution is 5.83. The Kier molecular flexibility index (Phi) is 5.55. The van der Waals surface area contributed by atoms with Gasteiger partial charge in [0.05, 0.1) is 31.7 Å². The fourth-order valence-corrected chi connectivity index (χ4v) is 2.00. The average Bonchev–Trinajstić information content (AvgIpc) is 2.36. The first-order valence-corrected chi connectivity index (χ1v) is 6.33. The molecule has 0 saturated carbocycles. The number of nitrogens with zero attached hydrogens (tertiary/aromatic N) is 1. The van der Waals surface area contributed by atoms with Crippen molar-refractivity contribution in [2.24, 2.45) is 11.7 Å². The highest BCUT2D eigenvalue weighted by Gasteiger charge is 2.33. The number of nitrogens with two attached hydrogens (primary N) is 1. The molecular formula is C12H22N2O4. The molecule has 1 aliphatic heterocycles. The van der Waals surface area contributed by atoms with Crippen LogP contribution in [0.25, 0.3) is 0 Å². The van der Waals surface area contributed by atoms with Gasteiger partial charge < -0.3 is 20.5 Å². The van der Waals surface area contributed by atoms with Crippen LogP contribution in [0.5, 0.6) is 0 Å². The molecule has 0 spiro atoms. The summed E-state index contributed by atoms with van der Waals surface area (Å²) in [6.07, 6.45) is 0.722. The van der Waals surface area contributed by atoms with Gasteiger partial charge in [-0.1, -0.05) is 20.3 Å². The van der Waals surface area contributed by atoms with Gasteiger partial charge in [-0.15, -0.1) is 0 Å². The molecule has 1 aliphatic rings. The Bertz CT molecular complexity index is 308. The number of carboxylic acid groups (broad SMARTS) is 1. The van der Waals surface area contributed by atoms with E-state index in [0.717, 1.165) is 6.42 Å². The monoisotopic (exact) mass is 258 g/mol. The number of hydrogen-bond donors (Lipinski definition) is 2. The largest absolute Gasteiger partial charge is 0.481 e. The fourth-order valence-electron chi connectivity index (χ4n) is 2.00. The number of aliphatic carboxylic acids is 1. The summed E-state index contributed by atoms with van der Waals surface area (Å²) in [6.45, 7) is 5.03. The summed E-state index contributed by atoms with van der Waals surface area (Å²) in [7, 11) is 0. The van der Waals surface area contributed by atoms with Gasteiger partial charge >= 0.3 is 5.97 Å². The zero-order valence-electron chi connectivity index (χ0n) is 11.0. The van der Waals surface area contributed by atoms with Gasteiger partial charge in [-0.2, -0.15) is 0 Å². The lowest BCUT2D eigenvalue weighted by Gasteiger charge is -2.37. The lowest BCUT2D eigenvalue weighted by Crippen LogP contribution is -2.56. The van der Waals surface area contributed by atoms with Gasteiger partial charge in [-0.25, -0.2) is 0 Å². The molecule has 0 bridgehead atoms. The minimum Gasteiger partial charge on any atom is -0.481 e. The van der Waals surface area contributed by atoms with Crippen molar-refractivity contribution in [1.29, 1.82) is 0 Å². The second kappa shape index (κ2) is 6.70. The molecule has 3 N–H and O–H groups in total. The number of morpholine rings is 1. The van der Waals surface area contributed by atoms with E-state index >= 15 is 0 Å². The molecule has 0 aromatic rings. The topological polar surface area (TPSA) is 92.9 Å². The van der Waals surface area contributed by atoms with Crippen molar-refractivity contribution in [2.75, 3.05) is 19.8 Å². The smallest absolute Gasteiger partial charge is 0.305 e. The van der Waals surface area contributed by atoms with Crippen LogP contribution in [-0.2, 0) is 14.3 Å². The Morgan fingerprint density at radius 3 is 2.78 bits per heavy atom. The van der Waals surface area contributed by atoms with Crippen LogP contribution in [0.1, 0.15) is 26.7 Å². The molecule has 6 nitrogen and oxygen atoms in total. The van der Waals surface area contributed by atoms with E-state index in [1.54, 1.807) is 4.90 Å². The molecule has 1 saturated heterocycles. The summed E-state index contributed by atoms with van der Waals surface area (Å²) in [4.78, 5) is 24.6. The number of carbonyl (C=O) groups excluding carboxylic acids is 1. The Morgan fingerprint density at radius 1 is 1.56 bits per heavy atom. The van der Waals surface area contributed by atoms with Crippen molar-refractivity contribution in [1.82, 2.24) is 4.90 Å². The predicted molar refractivity (Wildman–Crippen MR) is 66.0 cm³/mol. The minimum atomic E-state index is -0.930. The van der Waals surface area contributed by atoms with Crippen LogP contribution in [0, 0.1) is 5.92 Å². The summed E-state index contributed by atoms with van der Waals surface area (Å²) in [5, 5.41) is 8.83. The molecule has 0 aromatic heterocycles. The highest BCUT2D eigenvalue weighted by atomic mass is 16.5. The van der Waals surface area contributed by atoms with Crippen LogP contribution in [-0.4, -0.2) is 53.7 Å². The van der Waals surface area contributed by atoms with Crippen molar-refractivity contribution in [2.45, 2.75) is 38.8 Å². The maximum Gasteiger partial charge on any atom is 0.305 e. The Hall–Kier alpha value is -1.14. The zero-order valence-corrected chi connectivity index (χ0v) is 11.0. The molecule has 1 amide bonds. The van der Waals surface area contributed by atoms with Gasteiger partial charge in [0.25, 0.3) is 0 Å². The third-order valence-electron chi connectivity index (χ3n) is 3.46.